The maximum atomic E-state index is 11.2. The average molecular weight is 188 g/mol. The van der Waals surface area contributed by atoms with Crippen molar-refractivity contribution in [1.82, 2.24) is 0 Å². The molecule has 1 rings (SSSR count). The number of rotatable bonds is 0. The second kappa shape index (κ2) is 3.01. The lowest BCUT2D eigenvalue weighted by atomic mass is 10.2. The van der Waals surface area contributed by atoms with E-state index in [0.29, 0.717) is 0 Å². The number of esters is 1. The van der Waals surface area contributed by atoms with Crippen LogP contribution in [0.2, 0.25) is 0 Å². The summed E-state index contributed by atoms with van der Waals surface area (Å²) in [6.07, 6.45) is -1.43. The average Bonchev–Trinajstić information content (AvgIpc) is 1.78. The highest BCUT2D eigenvalue weighted by Crippen LogP contribution is 2.26. The number of carbonyl (C=O) groups is 1. The van der Waals surface area contributed by atoms with Crippen molar-refractivity contribution in [1.29, 1.82) is 0 Å². The van der Waals surface area contributed by atoms with Crippen molar-refractivity contribution in [2.24, 2.45) is 0 Å². The maximum Gasteiger partial charge on any atom is 0.345 e. The van der Waals surface area contributed by atoms with Crippen LogP contribution in [0.4, 0.5) is 0 Å². The molecule has 13 heavy (non-hydrogen) atoms. The van der Waals surface area contributed by atoms with Crippen LogP contribution < -0.4 is 0 Å². The predicted molar refractivity (Wildman–Crippen MR) is 42.6 cm³/mol. The van der Waals surface area contributed by atoms with E-state index in [9.17, 15) is 9.90 Å². The first kappa shape index (κ1) is 10.0. The molecule has 5 nitrogen and oxygen atoms in total. The molecule has 0 amide bonds. The minimum atomic E-state index is -1.43. The van der Waals surface area contributed by atoms with Crippen molar-refractivity contribution in [3.05, 3.63) is 11.3 Å². The Labute approximate surface area is 75.6 Å². The van der Waals surface area contributed by atoms with E-state index in [4.69, 9.17) is 14.6 Å². The van der Waals surface area contributed by atoms with E-state index in [1.807, 2.05) is 0 Å². The Bertz CT molecular complexity index is 262. The van der Waals surface area contributed by atoms with Crippen LogP contribution in [0.25, 0.3) is 0 Å². The van der Waals surface area contributed by atoms with Crippen LogP contribution in [-0.2, 0) is 14.3 Å². The van der Waals surface area contributed by atoms with Gasteiger partial charge in [-0.05, 0) is 6.92 Å². The molecule has 0 aromatic carbocycles. The molecular formula is C8H12O5. The molecule has 1 fully saturated rings. The van der Waals surface area contributed by atoms with E-state index in [0.717, 1.165) is 0 Å². The second-order valence-corrected chi connectivity index (χ2v) is 3.26. The van der Waals surface area contributed by atoms with Gasteiger partial charge < -0.3 is 19.7 Å². The first-order valence-corrected chi connectivity index (χ1v) is 3.82. The van der Waals surface area contributed by atoms with Gasteiger partial charge in [-0.1, -0.05) is 0 Å². The number of ether oxygens (including phenoxy) is 2. The molecule has 1 aliphatic heterocycles. The van der Waals surface area contributed by atoms with Crippen molar-refractivity contribution in [3.63, 3.8) is 0 Å². The lowest BCUT2D eigenvalue weighted by Crippen LogP contribution is -2.44. The quantitative estimate of drug-likeness (QED) is 0.328. The number of carbonyl (C=O) groups excluding carboxylic acids is 1. The number of hydrogen-bond acceptors (Lipinski definition) is 5. The van der Waals surface area contributed by atoms with E-state index >= 15 is 0 Å². The Morgan fingerprint density at radius 3 is 2.46 bits per heavy atom. The van der Waals surface area contributed by atoms with Gasteiger partial charge in [-0.25, -0.2) is 4.79 Å². The molecule has 0 aliphatic carbocycles. The van der Waals surface area contributed by atoms with Gasteiger partial charge in [-0.3, -0.25) is 0 Å². The van der Waals surface area contributed by atoms with Crippen molar-refractivity contribution in [2.75, 3.05) is 0 Å². The number of aliphatic hydroxyl groups is 2. The molecule has 0 aromatic heterocycles. The summed E-state index contributed by atoms with van der Waals surface area (Å²) in [4.78, 5) is 11.2. The summed E-state index contributed by atoms with van der Waals surface area (Å²) >= 11 is 0. The molecule has 2 N–H and O–H groups in total. The predicted octanol–water partition coefficient (Wildman–Crippen LogP) is 0.446. The summed E-state index contributed by atoms with van der Waals surface area (Å²) in [5.41, 5.74) is -0.251. The highest BCUT2D eigenvalue weighted by atomic mass is 16.8. The Morgan fingerprint density at radius 2 is 2.08 bits per heavy atom. The fraction of sp³-hybridized carbons (Fsp3) is 0.625. The second-order valence-electron chi connectivity index (χ2n) is 3.26. The molecule has 0 radical (unpaired) electrons. The van der Waals surface area contributed by atoms with Gasteiger partial charge in [0.1, 0.15) is 11.3 Å². The standard InChI is InChI=1S/C8H12O5/c1-4(9)5-6(10)12-8(2,3)13-7(5)11/h6,9-10H,1-3H3/b5-4-. The number of allylic oxidation sites excluding steroid dienone is 1. The SMILES string of the molecule is C/C(O)=C1/C(=O)OC(C)(C)OC1O. The Morgan fingerprint density at radius 1 is 1.54 bits per heavy atom. The van der Waals surface area contributed by atoms with E-state index in [-0.39, 0.29) is 11.3 Å². The number of cyclic esters (lactones) is 1. The number of aliphatic hydroxyl groups excluding tert-OH is 2. The van der Waals surface area contributed by atoms with Gasteiger partial charge >= 0.3 is 5.97 Å². The molecule has 74 valence electrons. The lowest BCUT2D eigenvalue weighted by molar-refractivity contribution is -0.280. The molecule has 0 spiro atoms. The lowest BCUT2D eigenvalue weighted by Gasteiger charge is -2.33. The monoisotopic (exact) mass is 188 g/mol. The molecule has 1 heterocycles. The van der Waals surface area contributed by atoms with E-state index in [2.05, 4.69) is 0 Å². The molecule has 1 unspecified atom stereocenters. The van der Waals surface area contributed by atoms with E-state index < -0.39 is 18.0 Å². The highest BCUT2D eigenvalue weighted by molar-refractivity contribution is 5.90. The van der Waals surface area contributed by atoms with Crippen molar-refractivity contribution < 1.29 is 24.5 Å². The zero-order valence-electron chi connectivity index (χ0n) is 7.70. The molecule has 0 aromatic rings. The molecule has 1 atom stereocenters. The zero-order chi connectivity index (χ0) is 10.2. The molecular weight excluding hydrogens is 176 g/mol. The largest absolute Gasteiger partial charge is 0.512 e. The fourth-order valence-corrected chi connectivity index (χ4v) is 1.06. The summed E-state index contributed by atoms with van der Waals surface area (Å²) in [5, 5.41) is 18.3. The summed E-state index contributed by atoms with van der Waals surface area (Å²) in [7, 11) is 0. The molecule has 1 aliphatic rings. The summed E-state index contributed by atoms with van der Waals surface area (Å²) < 4.78 is 9.69. The van der Waals surface area contributed by atoms with Gasteiger partial charge in [0.15, 0.2) is 6.29 Å². The molecule has 0 bridgehead atoms. The third-order valence-corrected chi connectivity index (χ3v) is 1.59. The van der Waals surface area contributed by atoms with Crippen molar-refractivity contribution >= 4 is 5.97 Å². The van der Waals surface area contributed by atoms with Crippen LogP contribution in [0, 0.1) is 0 Å². The van der Waals surface area contributed by atoms with Crippen LogP contribution >= 0.6 is 0 Å². The van der Waals surface area contributed by atoms with Crippen LogP contribution in [0.15, 0.2) is 11.3 Å². The van der Waals surface area contributed by atoms with Gasteiger partial charge in [0, 0.05) is 13.8 Å². The Hall–Kier alpha value is -1.07. The van der Waals surface area contributed by atoms with Crippen LogP contribution in [-0.4, -0.2) is 28.3 Å². The third-order valence-electron chi connectivity index (χ3n) is 1.59. The Kier molecular flexibility index (Phi) is 2.32. The first-order valence-electron chi connectivity index (χ1n) is 3.82. The van der Waals surface area contributed by atoms with E-state index in [1.165, 1.54) is 20.8 Å². The van der Waals surface area contributed by atoms with Crippen molar-refractivity contribution in [2.45, 2.75) is 32.8 Å². The highest BCUT2D eigenvalue weighted by Gasteiger charge is 2.39. The minimum absolute atomic E-state index is 0.251. The normalized spacial score (nSPS) is 31.1. The van der Waals surface area contributed by atoms with Gasteiger partial charge in [-0.2, -0.15) is 0 Å². The third kappa shape index (κ3) is 1.99. The zero-order valence-corrected chi connectivity index (χ0v) is 7.70. The van der Waals surface area contributed by atoms with Crippen molar-refractivity contribution in [3.8, 4) is 0 Å². The smallest absolute Gasteiger partial charge is 0.345 e. The topological polar surface area (TPSA) is 76.0 Å². The molecule has 5 heteroatoms. The summed E-state index contributed by atoms with van der Waals surface area (Å²) in [5.74, 6) is -2.22. The Balaban J connectivity index is 2.96. The summed E-state index contributed by atoms with van der Waals surface area (Å²) in [6, 6.07) is 0. The maximum absolute atomic E-state index is 11.2. The van der Waals surface area contributed by atoms with Gasteiger partial charge in [0.05, 0.1) is 0 Å². The van der Waals surface area contributed by atoms with E-state index in [1.54, 1.807) is 0 Å². The van der Waals surface area contributed by atoms with Crippen LogP contribution in [0.5, 0.6) is 0 Å². The fourth-order valence-electron chi connectivity index (χ4n) is 1.06. The minimum Gasteiger partial charge on any atom is -0.512 e. The number of hydrogen-bond donors (Lipinski definition) is 2. The van der Waals surface area contributed by atoms with Crippen LogP contribution in [0.1, 0.15) is 20.8 Å². The molecule has 1 saturated heterocycles. The van der Waals surface area contributed by atoms with Gasteiger partial charge in [0.2, 0.25) is 5.79 Å². The molecule has 0 saturated carbocycles. The first-order chi connectivity index (χ1) is 5.83. The van der Waals surface area contributed by atoms with Gasteiger partial charge in [-0.15, -0.1) is 0 Å². The van der Waals surface area contributed by atoms with Crippen LogP contribution in [0.3, 0.4) is 0 Å². The summed E-state index contributed by atoms with van der Waals surface area (Å²) in [6.45, 7) is 4.27. The van der Waals surface area contributed by atoms with Gasteiger partial charge in [0.25, 0.3) is 0 Å².